The summed E-state index contributed by atoms with van der Waals surface area (Å²) >= 11 is 3.79. The van der Waals surface area contributed by atoms with E-state index in [-0.39, 0.29) is 28.6 Å². The number of amides is 1. The normalized spacial score (nSPS) is 9.84. The first-order valence-electron chi connectivity index (χ1n) is 6.68. The lowest BCUT2D eigenvalue weighted by Gasteiger charge is -2.05. The SMILES string of the molecule is C=CCSc1nnc(NC(=O)CSc2nc(N)c(C#N)cc2C#N)s1. The first-order valence-corrected chi connectivity index (χ1v) is 9.46. The van der Waals surface area contributed by atoms with Crippen LogP contribution >= 0.6 is 34.9 Å². The molecule has 2 rings (SSSR count). The zero-order valence-corrected chi connectivity index (χ0v) is 15.2. The molecule has 0 bridgehead atoms. The molecule has 3 N–H and O–H groups in total. The average Bonchev–Trinajstić information content (AvgIpc) is 3.05. The van der Waals surface area contributed by atoms with Gasteiger partial charge in [-0.15, -0.1) is 16.8 Å². The molecule has 0 saturated carbocycles. The predicted octanol–water partition coefficient (Wildman–Crippen LogP) is 2.27. The monoisotopic (exact) mass is 389 g/mol. The van der Waals surface area contributed by atoms with E-state index in [2.05, 4.69) is 27.1 Å². The maximum atomic E-state index is 12.0. The van der Waals surface area contributed by atoms with Crippen LogP contribution in [0.25, 0.3) is 0 Å². The van der Waals surface area contributed by atoms with Crippen LogP contribution in [0.3, 0.4) is 0 Å². The summed E-state index contributed by atoms with van der Waals surface area (Å²) in [5, 5.41) is 29.2. The number of carbonyl (C=O) groups is 1. The Balaban J connectivity index is 1.97. The second kappa shape index (κ2) is 9.03. The van der Waals surface area contributed by atoms with Crippen LogP contribution in [-0.4, -0.2) is 32.6 Å². The van der Waals surface area contributed by atoms with Crippen molar-refractivity contribution >= 4 is 51.7 Å². The molecule has 8 nitrogen and oxygen atoms in total. The molecule has 2 aromatic heterocycles. The molecule has 0 atom stereocenters. The molecule has 0 saturated heterocycles. The highest BCUT2D eigenvalue weighted by molar-refractivity contribution is 8.01. The third-order valence-corrected chi connectivity index (χ3v) is 5.53. The highest BCUT2D eigenvalue weighted by Crippen LogP contribution is 2.26. The highest BCUT2D eigenvalue weighted by atomic mass is 32.2. The molecular weight excluding hydrogens is 378 g/mol. The van der Waals surface area contributed by atoms with Crippen LogP contribution in [0.15, 0.2) is 28.1 Å². The van der Waals surface area contributed by atoms with Crippen molar-refractivity contribution in [3.8, 4) is 12.1 Å². The molecule has 0 aliphatic heterocycles. The van der Waals surface area contributed by atoms with Crippen molar-refractivity contribution in [2.45, 2.75) is 9.37 Å². The van der Waals surface area contributed by atoms with Gasteiger partial charge in [0.15, 0.2) is 4.34 Å². The summed E-state index contributed by atoms with van der Waals surface area (Å²) in [4.78, 5) is 16.0. The van der Waals surface area contributed by atoms with Gasteiger partial charge in [-0.25, -0.2) is 4.98 Å². The van der Waals surface area contributed by atoms with Crippen molar-refractivity contribution in [2.24, 2.45) is 0 Å². The van der Waals surface area contributed by atoms with Crippen molar-refractivity contribution in [3.63, 3.8) is 0 Å². The Bertz CT molecular complexity index is 882. The number of pyridine rings is 1. The van der Waals surface area contributed by atoms with E-state index in [0.29, 0.717) is 15.9 Å². The van der Waals surface area contributed by atoms with Crippen LogP contribution in [0, 0.1) is 22.7 Å². The van der Waals surface area contributed by atoms with E-state index in [9.17, 15) is 4.79 Å². The number of aromatic nitrogens is 3. The fourth-order valence-electron chi connectivity index (χ4n) is 1.53. The second-order valence-electron chi connectivity index (χ2n) is 4.31. The van der Waals surface area contributed by atoms with Gasteiger partial charge in [-0.3, -0.25) is 10.1 Å². The number of nitrogens with one attached hydrogen (secondary N) is 1. The van der Waals surface area contributed by atoms with Gasteiger partial charge in [-0.2, -0.15) is 10.5 Å². The van der Waals surface area contributed by atoms with Gasteiger partial charge in [-0.1, -0.05) is 40.9 Å². The standard InChI is InChI=1S/C14H11N7OS3/c1-2-3-23-14-21-20-13(25-14)18-10(22)7-24-12-9(6-16)4-8(5-15)11(17)19-12/h2,4H,1,3,7H2,(H2,17,19)(H,18,20,22). The third-order valence-electron chi connectivity index (χ3n) is 2.58. The molecule has 0 radical (unpaired) electrons. The van der Waals surface area contributed by atoms with Gasteiger partial charge in [0.2, 0.25) is 11.0 Å². The van der Waals surface area contributed by atoms with Crippen molar-refractivity contribution in [1.29, 1.82) is 10.5 Å². The first-order chi connectivity index (χ1) is 12.1. The van der Waals surface area contributed by atoms with Crippen LogP contribution < -0.4 is 11.1 Å². The predicted molar refractivity (Wildman–Crippen MR) is 98.3 cm³/mol. The Hall–Kier alpha value is -2.60. The number of nitrogens with zero attached hydrogens (tertiary/aromatic N) is 5. The van der Waals surface area contributed by atoms with Gasteiger partial charge in [-0.05, 0) is 6.07 Å². The van der Waals surface area contributed by atoms with Crippen molar-refractivity contribution < 1.29 is 4.79 Å². The Kier molecular flexibility index (Phi) is 6.77. The smallest absolute Gasteiger partial charge is 0.236 e. The van der Waals surface area contributed by atoms with E-state index >= 15 is 0 Å². The van der Waals surface area contributed by atoms with E-state index < -0.39 is 0 Å². The van der Waals surface area contributed by atoms with Crippen LogP contribution in [0.1, 0.15) is 11.1 Å². The maximum Gasteiger partial charge on any atom is 0.236 e. The Morgan fingerprint density at radius 1 is 1.36 bits per heavy atom. The van der Waals surface area contributed by atoms with Crippen molar-refractivity contribution in [3.05, 3.63) is 29.8 Å². The molecule has 0 spiro atoms. The number of nitriles is 2. The molecule has 0 fully saturated rings. The molecule has 1 amide bonds. The topological polar surface area (TPSA) is 141 Å². The molecule has 2 heterocycles. The van der Waals surface area contributed by atoms with E-state index in [4.69, 9.17) is 16.3 Å². The number of rotatable bonds is 7. The van der Waals surface area contributed by atoms with Crippen LogP contribution in [0.5, 0.6) is 0 Å². The summed E-state index contributed by atoms with van der Waals surface area (Å²) < 4.78 is 0.733. The molecule has 2 aromatic rings. The zero-order chi connectivity index (χ0) is 18.2. The molecule has 25 heavy (non-hydrogen) atoms. The lowest BCUT2D eigenvalue weighted by atomic mass is 10.2. The van der Waals surface area contributed by atoms with Crippen molar-refractivity contribution in [1.82, 2.24) is 15.2 Å². The maximum absolute atomic E-state index is 12.0. The van der Waals surface area contributed by atoms with Gasteiger partial charge in [0.05, 0.1) is 16.9 Å². The van der Waals surface area contributed by atoms with Crippen LogP contribution in [0.2, 0.25) is 0 Å². The number of hydrogen-bond acceptors (Lipinski definition) is 10. The van der Waals surface area contributed by atoms with Crippen LogP contribution in [0.4, 0.5) is 10.9 Å². The summed E-state index contributed by atoms with van der Waals surface area (Å²) in [6.07, 6.45) is 1.75. The molecule has 0 unspecified atom stereocenters. The summed E-state index contributed by atoms with van der Waals surface area (Å²) in [6.45, 7) is 3.62. The zero-order valence-electron chi connectivity index (χ0n) is 12.7. The average molecular weight is 389 g/mol. The highest BCUT2D eigenvalue weighted by Gasteiger charge is 2.13. The molecule has 0 aliphatic carbocycles. The van der Waals surface area contributed by atoms with Gasteiger partial charge < -0.3 is 5.73 Å². The molecular formula is C14H11N7OS3. The minimum Gasteiger partial charge on any atom is -0.383 e. The number of nitrogens with two attached hydrogens (primary N) is 1. The second-order valence-corrected chi connectivity index (χ2v) is 7.52. The molecule has 11 heteroatoms. The molecule has 0 aromatic carbocycles. The number of thioether (sulfide) groups is 2. The Morgan fingerprint density at radius 3 is 2.80 bits per heavy atom. The summed E-state index contributed by atoms with van der Waals surface area (Å²) in [5.41, 5.74) is 5.97. The van der Waals surface area contributed by atoms with Gasteiger partial charge in [0, 0.05) is 5.75 Å². The Labute approximate surface area is 156 Å². The fourth-order valence-corrected chi connectivity index (χ4v) is 3.82. The van der Waals surface area contributed by atoms with Crippen LogP contribution in [-0.2, 0) is 4.79 Å². The number of carbonyl (C=O) groups excluding carboxylic acids is 1. The minimum absolute atomic E-state index is 0.0156. The fraction of sp³-hybridized carbons (Fsp3) is 0.143. The van der Waals surface area contributed by atoms with E-state index in [0.717, 1.165) is 16.1 Å². The van der Waals surface area contributed by atoms with Crippen molar-refractivity contribution in [2.75, 3.05) is 22.6 Å². The van der Waals surface area contributed by atoms with Gasteiger partial charge in [0.25, 0.3) is 0 Å². The summed E-state index contributed by atoms with van der Waals surface area (Å²) in [6, 6.07) is 5.16. The third kappa shape index (κ3) is 5.19. The first kappa shape index (κ1) is 18.7. The largest absolute Gasteiger partial charge is 0.383 e. The number of nitrogen functional groups attached to an aromatic ring is 1. The quantitative estimate of drug-likeness (QED) is 0.414. The Morgan fingerprint density at radius 2 is 2.12 bits per heavy atom. The molecule has 126 valence electrons. The molecule has 0 aliphatic rings. The lowest BCUT2D eigenvalue weighted by molar-refractivity contribution is -0.113. The van der Waals surface area contributed by atoms with Gasteiger partial charge >= 0.3 is 0 Å². The van der Waals surface area contributed by atoms with E-state index in [1.807, 2.05) is 12.1 Å². The number of hydrogen-bond donors (Lipinski definition) is 2. The summed E-state index contributed by atoms with van der Waals surface area (Å²) in [5.74, 6) is 0.440. The van der Waals surface area contributed by atoms with Gasteiger partial charge in [0.1, 0.15) is 23.0 Å². The minimum atomic E-state index is -0.310. The number of anilines is 2. The lowest BCUT2D eigenvalue weighted by Crippen LogP contribution is -2.14. The van der Waals surface area contributed by atoms with E-state index in [1.165, 1.54) is 29.2 Å². The summed E-state index contributed by atoms with van der Waals surface area (Å²) in [7, 11) is 0. The van der Waals surface area contributed by atoms with E-state index in [1.54, 1.807) is 6.08 Å².